The van der Waals surface area contributed by atoms with Crippen molar-refractivity contribution in [2.75, 3.05) is 0 Å². The van der Waals surface area contributed by atoms with E-state index in [1.807, 2.05) is 0 Å². The minimum atomic E-state index is -2.91. The highest BCUT2D eigenvalue weighted by Crippen LogP contribution is 2.26. The number of aliphatic hydroxyl groups is 3. The summed E-state index contributed by atoms with van der Waals surface area (Å²) in [5, 5.41) is 27.0. The smallest absolute Gasteiger partial charge is 0.304 e. The molecular formula is C10H13FO3. The summed E-state index contributed by atoms with van der Waals surface area (Å²) in [5.74, 6) is -3.30. The summed E-state index contributed by atoms with van der Waals surface area (Å²) in [4.78, 5) is 0. The number of benzene rings is 1. The van der Waals surface area contributed by atoms with Crippen LogP contribution in [-0.4, -0.2) is 15.3 Å². The van der Waals surface area contributed by atoms with E-state index in [4.69, 9.17) is 15.3 Å². The first-order chi connectivity index (χ1) is 6.25. The van der Waals surface area contributed by atoms with E-state index in [9.17, 15) is 4.39 Å². The van der Waals surface area contributed by atoms with Crippen molar-refractivity contribution in [1.82, 2.24) is 0 Å². The summed E-state index contributed by atoms with van der Waals surface area (Å²) in [6.45, 7) is 4.54. The lowest BCUT2D eigenvalue weighted by molar-refractivity contribution is -0.324. The maximum atomic E-state index is 13.3. The topological polar surface area (TPSA) is 60.7 Å². The van der Waals surface area contributed by atoms with Gasteiger partial charge < -0.3 is 15.3 Å². The molecule has 1 aromatic rings. The fourth-order valence-corrected chi connectivity index (χ4v) is 1.40. The van der Waals surface area contributed by atoms with Gasteiger partial charge in [0.2, 0.25) is 0 Å². The highest BCUT2D eigenvalue weighted by Gasteiger charge is 2.26. The summed E-state index contributed by atoms with van der Waals surface area (Å²) >= 11 is 0. The zero-order valence-electron chi connectivity index (χ0n) is 8.30. The second kappa shape index (κ2) is 3.31. The Morgan fingerprint density at radius 3 is 2.00 bits per heavy atom. The lowest BCUT2D eigenvalue weighted by Gasteiger charge is -2.19. The molecule has 4 heteroatoms. The number of hydrogen-bond acceptors (Lipinski definition) is 3. The second-order valence-electron chi connectivity index (χ2n) is 3.44. The Balaban J connectivity index is 3.49. The van der Waals surface area contributed by atoms with E-state index in [1.165, 1.54) is 26.8 Å². The molecule has 0 spiro atoms. The van der Waals surface area contributed by atoms with Gasteiger partial charge in [0.1, 0.15) is 5.82 Å². The molecule has 0 saturated carbocycles. The molecule has 0 aromatic heterocycles. The minimum absolute atomic E-state index is 0.0890. The standard InChI is InChI=1S/C10H13FO3/c1-5-4-8(10(12,13)14)6(2)7(3)9(5)11/h4,12-14H,1-3H3. The predicted octanol–water partition coefficient (Wildman–Crippen LogP) is 0.838. The Morgan fingerprint density at radius 2 is 1.57 bits per heavy atom. The van der Waals surface area contributed by atoms with E-state index >= 15 is 0 Å². The SMILES string of the molecule is Cc1cc(C(O)(O)O)c(C)c(C)c1F. The second-order valence-corrected chi connectivity index (χ2v) is 3.44. The van der Waals surface area contributed by atoms with Gasteiger partial charge in [0.15, 0.2) is 0 Å². The van der Waals surface area contributed by atoms with Crippen molar-refractivity contribution in [2.45, 2.75) is 26.7 Å². The van der Waals surface area contributed by atoms with E-state index in [2.05, 4.69) is 0 Å². The number of hydrogen-bond donors (Lipinski definition) is 3. The quantitative estimate of drug-likeness (QED) is 0.589. The van der Waals surface area contributed by atoms with Crippen LogP contribution in [0.25, 0.3) is 0 Å². The van der Waals surface area contributed by atoms with Crippen molar-refractivity contribution in [3.8, 4) is 0 Å². The Hall–Kier alpha value is -0.970. The Kier molecular flexibility index (Phi) is 2.63. The molecule has 0 radical (unpaired) electrons. The molecule has 3 nitrogen and oxygen atoms in total. The van der Waals surface area contributed by atoms with Crippen LogP contribution >= 0.6 is 0 Å². The van der Waals surface area contributed by atoms with Crippen molar-refractivity contribution in [3.63, 3.8) is 0 Å². The van der Waals surface area contributed by atoms with Crippen LogP contribution < -0.4 is 0 Å². The van der Waals surface area contributed by atoms with Crippen molar-refractivity contribution >= 4 is 0 Å². The van der Waals surface area contributed by atoms with Gasteiger partial charge in [-0.2, -0.15) is 0 Å². The van der Waals surface area contributed by atoms with E-state index in [1.54, 1.807) is 0 Å². The maximum Gasteiger partial charge on any atom is 0.304 e. The average Bonchev–Trinajstić information content (AvgIpc) is 2.06. The Morgan fingerprint density at radius 1 is 1.07 bits per heavy atom. The van der Waals surface area contributed by atoms with E-state index in [0.717, 1.165) is 0 Å². The predicted molar refractivity (Wildman–Crippen MR) is 48.9 cm³/mol. The molecule has 14 heavy (non-hydrogen) atoms. The van der Waals surface area contributed by atoms with Crippen molar-refractivity contribution in [2.24, 2.45) is 0 Å². The minimum Gasteiger partial charge on any atom is -0.340 e. The first kappa shape index (κ1) is 11.1. The normalized spacial score (nSPS) is 11.9. The Bertz CT molecular complexity index is 367. The highest BCUT2D eigenvalue weighted by molar-refractivity contribution is 5.39. The van der Waals surface area contributed by atoms with Gasteiger partial charge in [-0.3, -0.25) is 0 Å². The van der Waals surface area contributed by atoms with Crippen LogP contribution in [0.3, 0.4) is 0 Å². The van der Waals surface area contributed by atoms with Crippen molar-refractivity contribution in [3.05, 3.63) is 34.1 Å². The molecule has 1 rings (SSSR count). The third-order valence-corrected chi connectivity index (χ3v) is 2.36. The Labute approximate surface area is 81.4 Å². The zero-order chi connectivity index (χ0) is 11.1. The first-order valence-electron chi connectivity index (χ1n) is 4.19. The van der Waals surface area contributed by atoms with Crippen LogP contribution in [-0.2, 0) is 5.97 Å². The first-order valence-corrected chi connectivity index (χ1v) is 4.19. The summed E-state index contributed by atoms with van der Waals surface area (Å²) in [6.07, 6.45) is 0. The van der Waals surface area contributed by atoms with Gasteiger partial charge in [-0.15, -0.1) is 0 Å². The third-order valence-electron chi connectivity index (χ3n) is 2.36. The van der Waals surface area contributed by atoms with Gasteiger partial charge >= 0.3 is 5.97 Å². The van der Waals surface area contributed by atoms with Crippen molar-refractivity contribution in [1.29, 1.82) is 0 Å². The average molecular weight is 200 g/mol. The van der Waals surface area contributed by atoms with Crippen LogP contribution in [0.5, 0.6) is 0 Å². The molecule has 0 amide bonds. The molecule has 0 saturated heterocycles. The monoisotopic (exact) mass is 200 g/mol. The van der Waals surface area contributed by atoms with Crippen molar-refractivity contribution < 1.29 is 19.7 Å². The van der Waals surface area contributed by atoms with Gasteiger partial charge in [-0.25, -0.2) is 4.39 Å². The molecule has 78 valence electrons. The van der Waals surface area contributed by atoms with Gasteiger partial charge in [0, 0.05) is 5.56 Å². The molecule has 0 bridgehead atoms. The zero-order valence-corrected chi connectivity index (χ0v) is 8.30. The molecule has 0 atom stereocenters. The van der Waals surface area contributed by atoms with Crippen LogP contribution in [0, 0.1) is 26.6 Å². The lowest BCUT2D eigenvalue weighted by Crippen LogP contribution is -2.25. The highest BCUT2D eigenvalue weighted by atomic mass is 19.1. The van der Waals surface area contributed by atoms with E-state index < -0.39 is 11.8 Å². The molecule has 0 aliphatic heterocycles. The summed E-state index contributed by atoms with van der Waals surface area (Å²) < 4.78 is 13.3. The molecule has 0 aliphatic carbocycles. The number of aryl methyl sites for hydroxylation is 1. The van der Waals surface area contributed by atoms with E-state index in [0.29, 0.717) is 11.1 Å². The molecule has 1 aromatic carbocycles. The lowest BCUT2D eigenvalue weighted by atomic mass is 9.98. The molecule has 0 aliphatic rings. The van der Waals surface area contributed by atoms with Crippen LogP contribution in [0.4, 0.5) is 4.39 Å². The number of rotatable bonds is 1. The van der Waals surface area contributed by atoms with Gasteiger partial charge in [-0.1, -0.05) is 0 Å². The maximum absolute atomic E-state index is 13.3. The molecule has 3 N–H and O–H groups in total. The molecule has 0 heterocycles. The molecule has 0 unspecified atom stereocenters. The van der Waals surface area contributed by atoms with Gasteiger partial charge in [-0.05, 0) is 43.5 Å². The fraction of sp³-hybridized carbons (Fsp3) is 0.400. The van der Waals surface area contributed by atoms with Crippen LogP contribution in [0.1, 0.15) is 22.3 Å². The molecular weight excluding hydrogens is 187 g/mol. The van der Waals surface area contributed by atoms with Gasteiger partial charge in [0.05, 0.1) is 0 Å². The fourth-order valence-electron chi connectivity index (χ4n) is 1.40. The van der Waals surface area contributed by atoms with Crippen LogP contribution in [0.15, 0.2) is 6.07 Å². The van der Waals surface area contributed by atoms with Crippen LogP contribution in [0.2, 0.25) is 0 Å². The van der Waals surface area contributed by atoms with Gasteiger partial charge in [0.25, 0.3) is 0 Å². The molecule has 0 fully saturated rings. The third kappa shape index (κ3) is 1.77. The summed E-state index contributed by atoms with van der Waals surface area (Å²) in [7, 11) is 0. The largest absolute Gasteiger partial charge is 0.340 e. The van der Waals surface area contributed by atoms with E-state index in [-0.39, 0.29) is 11.1 Å². The number of halogens is 1. The summed E-state index contributed by atoms with van der Waals surface area (Å²) in [5.41, 5.74) is 0.820. The summed E-state index contributed by atoms with van der Waals surface area (Å²) in [6, 6.07) is 1.22.